The topological polar surface area (TPSA) is 23.8 Å². The van der Waals surface area contributed by atoms with Gasteiger partial charge in [0.05, 0.1) is 0 Å². The van der Waals surface area contributed by atoms with Gasteiger partial charge in [0.25, 0.3) is 0 Å². The molecule has 0 aromatic carbocycles. The minimum atomic E-state index is 0. The van der Waals surface area contributed by atoms with Crippen LogP contribution in [0.15, 0.2) is 0 Å². The Morgan fingerprint density at radius 2 is 1.00 bits per heavy atom. The fourth-order valence-electron chi connectivity index (χ4n) is 0.306. The second-order valence-electron chi connectivity index (χ2n) is 7.49. The monoisotopic (exact) mass is 486 g/mol. The van der Waals surface area contributed by atoms with E-state index in [1.54, 1.807) is 0 Å². The normalized spacial score (nSPS) is 13.1. The average molecular weight is 487 g/mol. The quantitative estimate of drug-likeness (QED) is 0.376. The van der Waals surface area contributed by atoms with Gasteiger partial charge in [0.2, 0.25) is 0 Å². The average Bonchev–Trinajstić information content (AvgIpc) is 1.94. The Bertz CT molecular complexity index is 164. The zero-order chi connectivity index (χ0) is 15.8. The molecule has 1 atom stereocenters. The van der Waals surface area contributed by atoms with Crippen LogP contribution in [0.2, 0.25) is 0 Å². The molecule has 0 amide bonds. The van der Waals surface area contributed by atoms with Gasteiger partial charge in [-0.2, -0.15) is 22.0 Å². The van der Waals surface area contributed by atoms with E-state index >= 15 is 0 Å². The number of nitrogens with one attached hydrogen (secondary N) is 1. The van der Waals surface area contributed by atoms with Gasteiger partial charge < -0.3 is 37.9 Å². The molecule has 0 aliphatic heterocycles. The van der Waals surface area contributed by atoms with Gasteiger partial charge in [0, 0.05) is 0 Å². The van der Waals surface area contributed by atoms with Crippen molar-refractivity contribution in [1.82, 2.24) is 0 Å². The predicted molar refractivity (Wildman–Crippen MR) is 91.7 cm³/mol. The molecule has 0 aromatic rings. The Morgan fingerprint density at radius 3 is 1.00 bits per heavy atom. The summed E-state index contributed by atoms with van der Waals surface area (Å²) in [6.07, 6.45) is 0. The van der Waals surface area contributed by atoms with E-state index in [0.29, 0.717) is 6.54 Å². The minimum absolute atomic E-state index is 0. The SMILES string of the molecule is CC(C)(C)[S-].CC(C)(C)[S-].[CH2-]C(C[NH-])C(C)(C)C.[Pt+4]. The number of hydrogen-bond acceptors (Lipinski definition) is 2. The summed E-state index contributed by atoms with van der Waals surface area (Å²) in [4.78, 5) is 0. The standard InChI is InChI=1S/C7H15N.2C4H10S.Pt/c1-6(5-8)7(2,3)4;2*1-4(2,3)5;/h6,8H,1,5H2,2-4H3;2*5H,1-3H3;/q-2;;;+4/p-2. The summed E-state index contributed by atoms with van der Waals surface area (Å²) in [5.74, 6) is 0.266. The van der Waals surface area contributed by atoms with Crippen molar-refractivity contribution >= 4 is 25.3 Å². The predicted octanol–water partition coefficient (Wildman–Crippen LogP) is 5.20. The molecule has 0 fully saturated rings. The molecule has 0 heterocycles. The van der Waals surface area contributed by atoms with Gasteiger partial charge in [-0.15, -0.1) is 0 Å². The first-order chi connectivity index (χ1) is 7.48. The van der Waals surface area contributed by atoms with Crippen molar-refractivity contribution in [3.8, 4) is 0 Å². The smallest absolute Gasteiger partial charge is 0.787 e. The van der Waals surface area contributed by atoms with Crippen LogP contribution in [0.1, 0.15) is 62.3 Å². The van der Waals surface area contributed by atoms with Crippen molar-refractivity contribution in [3.05, 3.63) is 12.7 Å². The van der Waals surface area contributed by atoms with Gasteiger partial charge >= 0.3 is 21.1 Å². The molecule has 0 saturated heterocycles. The Hall–Kier alpha value is 1.35. The second kappa shape index (κ2) is 11.9. The fraction of sp³-hybridized carbons (Fsp3) is 0.933. The van der Waals surface area contributed by atoms with E-state index in [9.17, 15) is 0 Å². The second-order valence-corrected chi connectivity index (χ2v) is 9.94. The third kappa shape index (κ3) is 66.6. The molecule has 4 heteroatoms. The van der Waals surface area contributed by atoms with Gasteiger partial charge in [-0.05, 0) is 0 Å². The molecular weight excluding hydrogens is 453 g/mol. The maximum absolute atomic E-state index is 7.00. The molecule has 0 saturated carbocycles. The van der Waals surface area contributed by atoms with Crippen LogP contribution in [0.3, 0.4) is 0 Å². The van der Waals surface area contributed by atoms with Gasteiger partial charge in [-0.25, -0.2) is 0 Å². The minimum Gasteiger partial charge on any atom is -0.787 e. The van der Waals surface area contributed by atoms with Crippen molar-refractivity contribution in [2.75, 3.05) is 6.54 Å². The number of rotatable bonds is 1. The molecule has 1 nitrogen and oxygen atoms in total. The summed E-state index contributed by atoms with van der Waals surface area (Å²) in [5.41, 5.74) is 7.21. The Kier molecular flexibility index (Phi) is 17.9. The van der Waals surface area contributed by atoms with E-state index < -0.39 is 0 Å². The molecule has 0 bridgehead atoms. The van der Waals surface area contributed by atoms with Crippen LogP contribution in [0.25, 0.3) is 5.73 Å². The van der Waals surface area contributed by atoms with Crippen LogP contribution in [0.4, 0.5) is 0 Å². The fourth-order valence-corrected chi connectivity index (χ4v) is 0.306. The first-order valence-electron chi connectivity index (χ1n) is 6.37. The Labute approximate surface area is 148 Å². The Balaban J connectivity index is -0.0000000906. The van der Waals surface area contributed by atoms with Crippen LogP contribution in [-0.2, 0) is 46.3 Å². The number of hydrogen-bond donors (Lipinski definition) is 0. The van der Waals surface area contributed by atoms with Crippen LogP contribution in [0.5, 0.6) is 0 Å². The van der Waals surface area contributed by atoms with Crippen molar-refractivity contribution in [1.29, 1.82) is 0 Å². The maximum atomic E-state index is 7.00. The summed E-state index contributed by atoms with van der Waals surface area (Å²) >= 11 is 9.65. The van der Waals surface area contributed by atoms with Crippen LogP contribution in [-0.4, -0.2) is 16.0 Å². The van der Waals surface area contributed by atoms with Crippen molar-refractivity contribution in [3.63, 3.8) is 0 Å². The molecule has 0 aromatic heterocycles. The largest absolute Gasteiger partial charge is 4.00 e. The van der Waals surface area contributed by atoms with E-state index in [-0.39, 0.29) is 41.9 Å². The molecule has 0 rings (SSSR count). The van der Waals surface area contributed by atoms with Crippen LogP contribution < -0.4 is 0 Å². The summed E-state index contributed by atoms with van der Waals surface area (Å²) in [5, 5.41) is 0. The summed E-state index contributed by atoms with van der Waals surface area (Å²) in [6, 6.07) is 0. The summed E-state index contributed by atoms with van der Waals surface area (Å²) in [7, 11) is 0. The summed E-state index contributed by atoms with van der Waals surface area (Å²) < 4.78 is 0.167. The van der Waals surface area contributed by atoms with Crippen LogP contribution in [0, 0.1) is 18.3 Å². The molecule has 0 spiro atoms. The third-order valence-corrected chi connectivity index (χ3v) is 1.47. The van der Waals surface area contributed by atoms with Gasteiger partial charge in [-0.3, -0.25) is 0 Å². The molecule has 0 aliphatic carbocycles. The third-order valence-electron chi connectivity index (χ3n) is 1.47. The molecule has 19 heavy (non-hydrogen) atoms. The molecule has 120 valence electrons. The van der Waals surface area contributed by atoms with E-state index in [2.05, 4.69) is 27.7 Å². The van der Waals surface area contributed by atoms with Crippen molar-refractivity contribution in [2.45, 2.75) is 71.8 Å². The maximum Gasteiger partial charge on any atom is 4.00 e. The first kappa shape index (κ1) is 28.5. The van der Waals surface area contributed by atoms with E-state index in [4.69, 9.17) is 31.0 Å². The van der Waals surface area contributed by atoms with Gasteiger partial charge in [-0.1, -0.05) is 67.7 Å². The Morgan fingerprint density at radius 1 is 0.842 bits per heavy atom. The first-order valence-corrected chi connectivity index (χ1v) is 7.18. The molecular formula is C15H33NPtS2. The van der Waals surface area contributed by atoms with E-state index in [0.717, 1.165) is 0 Å². The molecule has 1 unspecified atom stereocenters. The van der Waals surface area contributed by atoms with Crippen molar-refractivity contribution in [2.24, 2.45) is 11.3 Å². The molecule has 1 N–H and O–H groups in total. The van der Waals surface area contributed by atoms with E-state index in [1.807, 2.05) is 41.5 Å². The van der Waals surface area contributed by atoms with Gasteiger partial charge in [0.1, 0.15) is 0 Å². The van der Waals surface area contributed by atoms with Crippen LogP contribution >= 0.6 is 0 Å². The summed E-state index contributed by atoms with van der Waals surface area (Å²) in [6.45, 7) is 22.6. The molecule has 0 aliphatic rings. The molecule has 0 radical (unpaired) electrons. The zero-order valence-corrected chi connectivity index (χ0v) is 18.0. The zero-order valence-electron chi connectivity index (χ0n) is 14.1. The van der Waals surface area contributed by atoms with Crippen molar-refractivity contribution < 1.29 is 21.1 Å². The van der Waals surface area contributed by atoms with E-state index in [1.165, 1.54) is 0 Å². The van der Waals surface area contributed by atoms with Gasteiger partial charge in [0.15, 0.2) is 0 Å².